The minimum atomic E-state index is 0.600. The number of rotatable bonds is 5. The Bertz CT molecular complexity index is 254. The van der Waals surface area contributed by atoms with Crippen molar-refractivity contribution in [3.63, 3.8) is 0 Å². The molecule has 0 N–H and O–H groups in total. The molecule has 0 bridgehead atoms. The zero-order chi connectivity index (χ0) is 10.4. The van der Waals surface area contributed by atoms with Gasteiger partial charge < -0.3 is 0 Å². The molecule has 0 aliphatic rings. The average Bonchev–Trinajstić information content (AvgIpc) is 2.21. The molecule has 0 aliphatic heterocycles. The zero-order valence-corrected chi connectivity index (χ0v) is 9.45. The van der Waals surface area contributed by atoms with Crippen LogP contribution in [0.15, 0.2) is 12.1 Å². The lowest BCUT2D eigenvalue weighted by atomic mass is 9.95. The first-order chi connectivity index (χ1) is 6.77. The smallest absolute Gasteiger partial charge is 0.0662 e. The van der Waals surface area contributed by atoms with E-state index in [9.17, 15) is 0 Å². The van der Waals surface area contributed by atoms with Gasteiger partial charge in [-0.25, -0.2) is 0 Å². The molecule has 0 amide bonds. The number of unbranched alkanes of at least 4 members (excludes halogenated alkanes) is 1. The third kappa shape index (κ3) is 3.09. The quantitative estimate of drug-likeness (QED) is 0.714. The fraction of sp³-hybridized carbons (Fsp3) is 0.667. The average molecular weight is 192 g/mol. The van der Waals surface area contributed by atoms with E-state index in [4.69, 9.17) is 0 Å². The third-order valence-corrected chi connectivity index (χ3v) is 2.64. The van der Waals surface area contributed by atoms with Gasteiger partial charge in [-0.2, -0.15) is 10.2 Å². The second-order valence-electron chi connectivity index (χ2n) is 3.85. The maximum Gasteiger partial charge on any atom is 0.0662 e. The van der Waals surface area contributed by atoms with Gasteiger partial charge in [-0.3, -0.25) is 0 Å². The van der Waals surface area contributed by atoms with E-state index < -0.39 is 0 Å². The van der Waals surface area contributed by atoms with Gasteiger partial charge in [0.1, 0.15) is 0 Å². The minimum absolute atomic E-state index is 0.600. The van der Waals surface area contributed by atoms with Crippen molar-refractivity contribution < 1.29 is 0 Å². The summed E-state index contributed by atoms with van der Waals surface area (Å²) >= 11 is 0. The van der Waals surface area contributed by atoms with E-state index in [2.05, 4.69) is 36.2 Å². The Morgan fingerprint density at radius 1 is 1.21 bits per heavy atom. The molecule has 0 fully saturated rings. The van der Waals surface area contributed by atoms with Crippen LogP contribution in [-0.4, -0.2) is 10.2 Å². The van der Waals surface area contributed by atoms with E-state index in [1.165, 1.54) is 19.3 Å². The molecule has 0 saturated heterocycles. The molecule has 1 atom stereocenters. The molecule has 0 aliphatic carbocycles. The Hall–Kier alpha value is -0.920. The van der Waals surface area contributed by atoms with Crippen LogP contribution in [-0.2, 0) is 0 Å². The minimum Gasteiger partial charge on any atom is -0.156 e. The number of nitrogens with zero attached hydrogens (tertiary/aromatic N) is 2. The molecule has 1 unspecified atom stereocenters. The molecule has 14 heavy (non-hydrogen) atoms. The Kier molecular flexibility index (Phi) is 4.57. The fourth-order valence-corrected chi connectivity index (χ4v) is 1.64. The Balaban J connectivity index is 2.64. The predicted molar refractivity (Wildman–Crippen MR) is 59.3 cm³/mol. The summed E-state index contributed by atoms with van der Waals surface area (Å²) in [5.74, 6) is 0.600. The zero-order valence-electron chi connectivity index (χ0n) is 9.45. The Labute approximate surface area is 86.8 Å². The molecular weight excluding hydrogens is 172 g/mol. The monoisotopic (exact) mass is 192 g/mol. The van der Waals surface area contributed by atoms with Crippen LogP contribution < -0.4 is 0 Å². The van der Waals surface area contributed by atoms with Gasteiger partial charge >= 0.3 is 0 Å². The van der Waals surface area contributed by atoms with Crippen molar-refractivity contribution in [2.75, 3.05) is 0 Å². The predicted octanol–water partition coefficient (Wildman–Crippen LogP) is 3.47. The van der Waals surface area contributed by atoms with Gasteiger partial charge in [-0.1, -0.05) is 26.7 Å². The maximum absolute atomic E-state index is 4.25. The van der Waals surface area contributed by atoms with Crippen LogP contribution in [0.1, 0.15) is 56.8 Å². The lowest BCUT2D eigenvalue weighted by Gasteiger charge is -2.12. The first-order valence-electron chi connectivity index (χ1n) is 5.58. The standard InChI is InChI=1S/C12H20N2/c1-4-6-7-11(5-2)12-9-8-10(3)13-14-12/h8-9,11H,4-7H2,1-3H3. The van der Waals surface area contributed by atoms with Gasteiger partial charge in [-0.05, 0) is 31.9 Å². The van der Waals surface area contributed by atoms with Gasteiger partial charge in [0.15, 0.2) is 0 Å². The molecule has 1 heterocycles. The summed E-state index contributed by atoms with van der Waals surface area (Å²) in [7, 11) is 0. The van der Waals surface area contributed by atoms with Crippen molar-refractivity contribution in [2.45, 2.75) is 52.4 Å². The summed E-state index contributed by atoms with van der Waals surface area (Å²) in [6.45, 7) is 6.43. The summed E-state index contributed by atoms with van der Waals surface area (Å²) in [5, 5.41) is 8.36. The Morgan fingerprint density at radius 3 is 2.50 bits per heavy atom. The third-order valence-electron chi connectivity index (χ3n) is 2.64. The maximum atomic E-state index is 4.25. The highest BCUT2D eigenvalue weighted by Crippen LogP contribution is 2.22. The van der Waals surface area contributed by atoms with E-state index in [0.717, 1.165) is 17.8 Å². The van der Waals surface area contributed by atoms with Crippen LogP contribution in [0, 0.1) is 6.92 Å². The van der Waals surface area contributed by atoms with E-state index in [0.29, 0.717) is 5.92 Å². The second kappa shape index (κ2) is 5.74. The van der Waals surface area contributed by atoms with Crippen molar-refractivity contribution in [3.8, 4) is 0 Å². The summed E-state index contributed by atoms with van der Waals surface area (Å²) in [4.78, 5) is 0. The number of aryl methyl sites for hydroxylation is 1. The van der Waals surface area contributed by atoms with Crippen LogP contribution in [0.25, 0.3) is 0 Å². The van der Waals surface area contributed by atoms with Crippen molar-refractivity contribution in [1.29, 1.82) is 0 Å². The van der Waals surface area contributed by atoms with E-state index >= 15 is 0 Å². The van der Waals surface area contributed by atoms with Crippen molar-refractivity contribution in [1.82, 2.24) is 10.2 Å². The highest BCUT2D eigenvalue weighted by molar-refractivity contribution is 5.09. The molecule has 0 radical (unpaired) electrons. The van der Waals surface area contributed by atoms with Crippen LogP contribution >= 0.6 is 0 Å². The summed E-state index contributed by atoms with van der Waals surface area (Å²) in [6, 6.07) is 4.17. The van der Waals surface area contributed by atoms with Gasteiger partial charge in [-0.15, -0.1) is 0 Å². The van der Waals surface area contributed by atoms with Gasteiger partial charge in [0.25, 0.3) is 0 Å². The first-order valence-corrected chi connectivity index (χ1v) is 5.58. The molecule has 2 heteroatoms. The molecule has 2 nitrogen and oxygen atoms in total. The van der Waals surface area contributed by atoms with Crippen LogP contribution in [0.5, 0.6) is 0 Å². The van der Waals surface area contributed by atoms with E-state index in [1.54, 1.807) is 0 Å². The Morgan fingerprint density at radius 2 is 2.00 bits per heavy atom. The number of hydrogen-bond acceptors (Lipinski definition) is 2. The normalized spacial score (nSPS) is 12.8. The van der Waals surface area contributed by atoms with Crippen LogP contribution in [0.2, 0.25) is 0 Å². The topological polar surface area (TPSA) is 25.8 Å². The summed E-state index contributed by atoms with van der Waals surface area (Å²) in [5.41, 5.74) is 2.16. The van der Waals surface area contributed by atoms with Crippen molar-refractivity contribution in [3.05, 3.63) is 23.5 Å². The second-order valence-corrected chi connectivity index (χ2v) is 3.85. The first kappa shape index (κ1) is 11.2. The highest BCUT2D eigenvalue weighted by atomic mass is 15.1. The van der Waals surface area contributed by atoms with Gasteiger partial charge in [0, 0.05) is 5.92 Å². The van der Waals surface area contributed by atoms with Gasteiger partial charge in [0.2, 0.25) is 0 Å². The molecule has 0 saturated carbocycles. The molecule has 0 aromatic carbocycles. The summed E-state index contributed by atoms with van der Waals surface area (Å²) < 4.78 is 0. The highest BCUT2D eigenvalue weighted by Gasteiger charge is 2.10. The van der Waals surface area contributed by atoms with E-state index in [-0.39, 0.29) is 0 Å². The van der Waals surface area contributed by atoms with Crippen molar-refractivity contribution >= 4 is 0 Å². The molecule has 1 aromatic rings. The number of hydrogen-bond donors (Lipinski definition) is 0. The van der Waals surface area contributed by atoms with Gasteiger partial charge in [0.05, 0.1) is 11.4 Å². The fourth-order valence-electron chi connectivity index (χ4n) is 1.64. The molecule has 1 rings (SSSR count). The molecular formula is C12H20N2. The lowest BCUT2D eigenvalue weighted by Crippen LogP contribution is -2.02. The van der Waals surface area contributed by atoms with Crippen LogP contribution in [0.3, 0.4) is 0 Å². The molecule has 78 valence electrons. The lowest BCUT2D eigenvalue weighted by molar-refractivity contribution is 0.550. The van der Waals surface area contributed by atoms with E-state index in [1.807, 2.05) is 6.92 Å². The largest absolute Gasteiger partial charge is 0.156 e. The summed E-state index contributed by atoms with van der Waals surface area (Å²) in [6.07, 6.45) is 4.95. The van der Waals surface area contributed by atoms with Crippen LogP contribution in [0.4, 0.5) is 0 Å². The number of aromatic nitrogens is 2. The SMILES string of the molecule is CCCCC(CC)c1ccc(C)nn1. The van der Waals surface area contributed by atoms with Crippen molar-refractivity contribution in [2.24, 2.45) is 0 Å². The molecule has 1 aromatic heterocycles. The molecule has 0 spiro atoms.